The molecule has 4 nitrogen and oxygen atoms in total. The fourth-order valence-electron chi connectivity index (χ4n) is 1.93. The number of imidazole rings is 1. The van der Waals surface area contributed by atoms with E-state index in [0.29, 0.717) is 5.69 Å². The van der Waals surface area contributed by atoms with E-state index in [1.807, 2.05) is 57.5 Å². The fourth-order valence-corrected chi connectivity index (χ4v) is 1.93. The Bertz CT molecular complexity index is 598. The number of hydrogen-bond acceptors (Lipinski definition) is 2. The molecular weight excluding hydrogens is 226 g/mol. The molecule has 2 aromatic rings. The minimum Gasteiger partial charge on any atom is -0.338 e. The Morgan fingerprint density at radius 1 is 1.33 bits per heavy atom. The van der Waals surface area contributed by atoms with Gasteiger partial charge in [0.15, 0.2) is 0 Å². The van der Waals surface area contributed by atoms with Crippen LogP contribution >= 0.6 is 0 Å². The van der Waals surface area contributed by atoms with Crippen molar-refractivity contribution >= 4 is 11.6 Å². The Morgan fingerprint density at radius 2 is 2.00 bits per heavy atom. The minimum absolute atomic E-state index is 0.0144. The molecule has 2 rings (SSSR count). The van der Waals surface area contributed by atoms with Crippen molar-refractivity contribution in [3.63, 3.8) is 0 Å². The summed E-state index contributed by atoms with van der Waals surface area (Å²) >= 11 is 0. The van der Waals surface area contributed by atoms with E-state index in [1.165, 1.54) is 0 Å². The molecule has 0 aliphatic carbocycles. The Kier molecular flexibility index (Phi) is 3.11. The predicted octanol–water partition coefficient (Wildman–Crippen LogP) is 2.43. The van der Waals surface area contributed by atoms with Crippen molar-refractivity contribution in [2.45, 2.75) is 33.7 Å². The van der Waals surface area contributed by atoms with Crippen LogP contribution in [0.2, 0.25) is 0 Å². The van der Waals surface area contributed by atoms with Crippen LogP contribution in [0, 0.1) is 13.8 Å². The molecule has 0 radical (unpaired) electrons. The second kappa shape index (κ2) is 4.44. The summed E-state index contributed by atoms with van der Waals surface area (Å²) < 4.78 is 1.88. The highest BCUT2D eigenvalue weighted by Crippen LogP contribution is 2.16. The summed E-state index contributed by atoms with van der Waals surface area (Å²) in [6.07, 6.45) is 1.96. The largest absolute Gasteiger partial charge is 0.338 e. The Hall–Kier alpha value is -1.84. The molecule has 1 amide bonds. The molecule has 0 saturated carbocycles. The van der Waals surface area contributed by atoms with Crippen molar-refractivity contribution < 1.29 is 4.79 Å². The number of aromatic nitrogens is 2. The van der Waals surface area contributed by atoms with Gasteiger partial charge in [-0.3, -0.25) is 9.20 Å². The van der Waals surface area contributed by atoms with E-state index in [4.69, 9.17) is 0 Å². The summed E-state index contributed by atoms with van der Waals surface area (Å²) in [6, 6.07) is 4.11. The van der Waals surface area contributed by atoms with Crippen molar-refractivity contribution in [3.8, 4) is 0 Å². The first-order chi connectivity index (χ1) is 8.41. The number of carbonyl (C=O) groups excluding carboxylic acids is 1. The van der Waals surface area contributed by atoms with Gasteiger partial charge >= 0.3 is 0 Å². The van der Waals surface area contributed by atoms with Gasteiger partial charge in [0, 0.05) is 19.3 Å². The van der Waals surface area contributed by atoms with Crippen LogP contribution in [0.15, 0.2) is 18.3 Å². The summed E-state index contributed by atoms with van der Waals surface area (Å²) in [4.78, 5) is 18.6. The summed E-state index contributed by atoms with van der Waals surface area (Å²) in [5.41, 5.74) is 3.36. The molecule has 2 heterocycles. The van der Waals surface area contributed by atoms with Gasteiger partial charge in [-0.15, -0.1) is 0 Å². The van der Waals surface area contributed by atoms with Gasteiger partial charge in [-0.2, -0.15) is 0 Å². The van der Waals surface area contributed by atoms with Crippen LogP contribution in [0.1, 0.15) is 35.6 Å². The maximum atomic E-state index is 12.5. The van der Waals surface area contributed by atoms with Gasteiger partial charge in [0.05, 0.1) is 5.69 Å². The third kappa shape index (κ3) is 1.98. The standard InChI is InChI=1S/C14H19N3O/c1-9(2)16(5)14(18)13-11(4)15-12-7-6-10(3)8-17(12)13/h6-9H,1-5H3. The van der Waals surface area contributed by atoms with Gasteiger partial charge in [0.1, 0.15) is 11.3 Å². The SMILES string of the molecule is Cc1ccc2nc(C)c(C(=O)N(C)C(C)C)n2c1. The second-order valence-electron chi connectivity index (χ2n) is 4.99. The van der Waals surface area contributed by atoms with Gasteiger partial charge in [-0.05, 0) is 39.3 Å². The lowest BCUT2D eigenvalue weighted by molar-refractivity contribution is 0.0747. The molecule has 0 N–H and O–H groups in total. The summed E-state index contributed by atoms with van der Waals surface area (Å²) in [5.74, 6) is 0.0144. The van der Waals surface area contributed by atoms with Gasteiger partial charge in [-0.1, -0.05) is 6.07 Å². The maximum absolute atomic E-state index is 12.5. The lowest BCUT2D eigenvalue weighted by Gasteiger charge is -2.21. The third-order valence-electron chi connectivity index (χ3n) is 3.24. The topological polar surface area (TPSA) is 37.6 Å². The molecule has 0 aliphatic heterocycles. The molecule has 0 aliphatic rings. The van der Waals surface area contributed by atoms with Crippen molar-refractivity contribution in [3.05, 3.63) is 35.3 Å². The smallest absolute Gasteiger partial charge is 0.272 e. The second-order valence-corrected chi connectivity index (χ2v) is 4.99. The van der Waals surface area contributed by atoms with Gasteiger partial charge in [-0.25, -0.2) is 4.98 Å². The van der Waals surface area contributed by atoms with E-state index in [0.717, 1.165) is 16.9 Å². The first kappa shape index (κ1) is 12.6. The number of aryl methyl sites for hydroxylation is 2. The number of fused-ring (bicyclic) bond motifs is 1. The molecule has 0 bridgehead atoms. The number of amides is 1. The van der Waals surface area contributed by atoms with Crippen LogP contribution < -0.4 is 0 Å². The average molecular weight is 245 g/mol. The first-order valence-electron chi connectivity index (χ1n) is 6.14. The molecule has 96 valence electrons. The van der Waals surface area contributed by atoms with Crippen LogP contribution in [0.3, 0.4) is 0 Å². The monoisotopic (exact) mass is 245 g/mol. The molecule has 0 saturated heterocycles. The van der Waals surface area contributed by atoms with Crippen molar-refractivity contribution in [2.75, 3.05) is 7.05 Å². The van der Waals surface area contributed by atoms with E-state index in [1.54, 1.807) is 4.90 Å². The molecule has 18 heavy (non-hydrogen) atoms. The Balaban J connectivity index is 2.59. The molecule has 0 fully saturated rings. The molecule has 0 aromatic carbocycles. The number of carbonyl (C=O) groups is 1. The zero-order valence-corrected chi connectivity index (χ0v) is 11.6. The highest BCUT2D eigenvalue weighted by molar-refractivity contribution is 5.94. The molecule has 2 aromatic heterocycles. The van der Waals surface area contributed by atoms with Crippen molar-refractivity contribution in [2.24, 2.45) is 0 Å². The van der Waals surface area contributed by atoms with Gasteiger partial charge in [0.2, 0.25) is 0 Å². The van der Waals surface area contributed by atoms with Crippen LogP contribution in [0.25, 0.3) is 5.65 Å². The molecule has 0 spiro atoms. The minimum atomic E-state index is 0.0144. The third-order valence-corrected chi connectivity index (χ3v) is 3.24. The summed E-state index contributed by atoms with van der Waals surface area (Å²) in [7, 11) is 1.82. The lowest BCUT2D eigenvalue weighted by atomic mass is 10.2. The van der Waals surface area contributed by atoms with Crippen LogP contribution in [-0.4, -0.2) is 33.3 Å². The van der Waals surface area contributed by atoms with Crippen molar-refractivity contribution in [1.82, 2.24) is 14.3 Å². The molecular formula is C14H19N3O. The van der Waals surface area contributed by atoms with Crippen LogP contribution in [-0.2, 0) is 0 Å². The highest BCUT2D eigenvalue weighted by Gasteiger charge is 2.21. The number of pyridine rings is 1. The molecule has 0 unspecified atom stereocenters. The van der Waals surface area contributed by atoms with E-state index in [-0.39, 0.29) is 11.9 Å². The maximum Gasteiger partial charge on any atom is 0.272 e. The van der Waals surface area contributed by atoms with E-state index in [9.17, 15) is 4.79 Å². The normalized spacial score (nSPS) is 11.2. The van der Waals surface area contributed by atoms with Gasteiger partial charge in [0.25, 0.3) is 5.91 Å². The molecule has 4 heteroatoms. The highest BCUT2D eigenvalue weighted by atomic mass is 16.2. The van der Waals surface area contributed by atoms with Crippen LogP contribution in [0.5, 0.6) is 0 Å². The van der Waals surface area contributed by atoms with Crippen LogP contribution in [0.4, 0.5) is 0 Å². The molecule has 0 atom stereocenters. The summed E-state index contributed by atoms with van der Waals surface area (Å²) in [5, 5.41) is 0. The Morgan fingerprint density at radius 3 is 2.61 bits per heavy atom. The fraction of sp³-hybridized carbons (Fsp3) is 0.429. The zero-order chi connectivity index (χ0) is 13.4. The van der Waals surface area contributed by atoms with E-state index < -0.39 is 0 Å². The predicted molar refractivity (Wildman–Crippen MR) is 71.9 cm³/mol. The average Bonchev–Trinajstić information content (AvgIpc) is 2.62. The van der Waals surface area contributed by atoms with Crippen molar-refractivity contribution in [1.29, 1.82) is 0 Å². The van der Waals surface area contributed by atoms with E-state index in [2.05, 4.69) is 4.98 Å². The quantitative estimate of drug-likeness (QED) is 0.815. The zero-order valence-electron chi connectivity index (χ0n) is 11.6. The van der Waals surface area contributed by atoms with E-state index >= 15 is 0 Å². The summed E-state index contributed by atoms with van der Waals surface area (Å²) in [6.45, 7) is 7.89. The number of nitrogens with zero attached hydrogens (tertiary/aromatic N) is 3. The van der Waals surface area contributed by atoms with Gasteiger partial charge < -0.3 is 4.90 Å². The lowest BCUT2D eigenvalue weighted by Crippen LogP contribution is -2.34. The number of rotatable bonds is 2. The first-order valence-corrected chi connectivity index (χ1v) is 6.14. The number of hydrogen-bond donors (Lipinski definition) is 0. The Labute approximate surface area is 107 Å².